The Morgan fingerprint density at radius 1 is 1.11 bits per heavy atom. The van der Waals surface area contributed by atoms with E-state index in [0.717, 1.165) is 13.1 Å². The summed E-state index contributed by atoms with van der Waals surface area (Å²) in [7, 11) is 0. The summed E-state index contributed by atoms with van der Waals surface area (Å²) in [6.07, 6.45) is 3.38. The molecule has 0 N–H and O–H groups in total. The summed E-state index contributed by atoms with van der Waals surface area (Å²) in [5, 5.41) is 0. The fourth-order valence-corrected chi connectivity index (χ4v) is 3.23. The van der Waals surface area contributed by atoms with E-state index < -0.39 is 0 Å². The first-order valence-corrected chi connectivity index (χ1v) is 7.45. The van der Waals surface area contributed by atoms with Crippen LogP contribution in [0.15, 0.2) is 18.2 Å². The second-order valence-corrected chi connectivity index (χ2v) is 7.11. The highest BCUT2D eigenvalue weighted by Crippen LogP contribution is 2.33. The van der Waals surface area contributed by atoms with Crippen LogP contribution >= 0.6 is 0 Å². The van der Waals surface area contributed by atoms with E-state index in [2.05, 4.69) is 50.8 Å². The van der Waals surface area contributed by atoms with Gasteiger partial charge in [-0.1, -0.05) is 32.9 Å². The molecule has 0 spiro atoms. The zero-order chi connectivity index (χ0) is 13.6. The van der Waals surface area contributed by atoms with Crippen molar-refractivity contribution >= 4 is 5.69 Å². The smallest absolute Gasteiger partial charge is 0.0755 e. The number of fused-ring (bicyclic) bond motifs is 2. The standard InChI is InChI=1S/C17H25NO/c1-12-5-6-13(17(2,3)4)9-16(12)18-10-14-7-8-15(11-18)19-14/h5-6,9,14-15H,7-8,10-11H2,1-4H3. The molecule has 2 aliphatic heterocycles. The van der Waals surface area contributed by atoms with E-state index in [1.54, 1.807) is 0 Å². The van der Waals surface area contributed by atoms with E-state index in [4.69, 9.17) is 4.74 Å². The quantitative estimate of drug-likeness (QED) is 0.763. The van der Waals surface area contributed by atoms with E-state index in [1.807, 2.05) is 0 Å². The van der Waals surface area contributed by atoms with Gasteiger partial charge in [0.1, 0.15) is 0 Å². The molecule has 0 radical (unpaired) electrons. The van der Waals surface area contributed by atoms with Crippen LogP contribution in [0.1, 0.15) is 44.7 Å². The first-order valence-electron chi connectivity index (χ1n) is 7.45. The molecule has 104 valence electrons. The number of anilines is 1. The molecule has 0 aliphatic carbocycles. The minimum atomic E-state index is 0.216. The van der Waals surface area contributed by atoms with Crippen molar-refractivity contribution in [2.45, 2.75) is 58.2 Å². The third-order valence-electron chi connectivity index (χ3n) is 4.46. The molecular formula is C17H25NO. The third-order valence-corrected chi connectivity index (χ3v) is 4.46. The molecule has 3 rings (SSSR count). The second kappa shape index (κ2) is 4.52. The lowest BCUT2D eigenvalue weighted by atomic mass is 9.86. The predicted octanol–water partition coefficient (Wildman–Crippen LogP) is 3.66. The maximum Gasteiger partial charge on any atom is 0.0755 e. The number of benzene rings is 1. The van der Waals surface area contributed by atoms with E-state index in [-0.39, 0.29) is 5.41 Å². The first kappa shape index (κ1) is 13.0. The Morgan fingerprint density at radius 2 is 1.74 bits per heavy atom. The van der Waals surface area contributed by atoms with Crippen LogP contribution in [0.5, 0.6) is 0 Å². The van der Waals surface area contributed by atoms with Gasteiger partial charge in [-0.3, -0.25) is 0 Å². The summed E-state index contributed by atoms with van der Waals surface area (Å²) in [6, 6.07) is 6.93. The van der Waals surface area contributed by atoms with Gasteiger partial charge in [-0.05, 0) is 42.4 Å². The van der Waals surface area contributed by atoms with Gasteiger partial charge in [0.05, 0.1) is 12.2 Å². The van der Waals surface area contributed by atoms with Crippen LogP contribution in [0.4, 0.5) is 5.69 Å². The number of rotatable bonds is 1. The Hall–Kier alpha value is -1.02. The molecule has 0 amide bonds. The van der Waals surface area contributed by atoms with Crippen LogP contribution in [0, 0.1) is 6.92 Å². The van der Waals surface area contributed by atoms with Crippen molar-refractivity contribution in [3.05, 3.63) is 29.3 Å². The number of aryl methyl sites for hydroxylation is 1. The minimum absolute atomic E-state index is 0.216. The van der Waals surface area contributed by atoms with Crippen LogP contribution < -0.4 is 4.90 Å². The molecule has 0 saturated carbocycles. The van der Waals surface area contributed by atoms with Gasteiger partial charge in [-0.15, -0.1) is 0 Å². The number of hydrogen-bond donors (Lipinski definition) is 0. The van der Waals surface area contributed by atoms with Crippen LogP contribution in [0.2, 0.25) is 0 Å². The average molecular weight is 259 g/mol. The highest BCUT2D eigenvalue weighted by molar-refractivity contribution is 5.56. The van der Waals surface area contributed by atoms with E-state index in [0.29, 0.717) is 12.2 Å². The highest BCUT2D eigenvalue weighted by atomic mass is 16.5. The second-order valence-electron chi connectivity index (χ2n) is 7.11. The fourth-order valence-electron chi connectivity index (χ4n) is 3.23. The lowest BCUT2D eigenvalue weighted by Gasteiger charge is -2.35. The molecule has 1 aromatic carbocycles. The average Bonchev–Trinajstić information content (AvgIpc) is 2.67. The van der Waals surface area contributed by atoms with Crippen LogP contribution in [-0.4, -0.2) is 25.3 Å². The van der Waals surface area contributed by atoms with Crippen molar-refractivity contribution in [2.75, 3.05) is 18.0 Å². The minimum Gasteiger partial charge on any atom is -0.371 e. The Bertz CT molecular complexity index is 463. The largest absolute Gasteiger partial charge is 0.371 e. The molecule has 2 bridgehead atoms. The van der Waals surface area contributed by atoms with Gasteiger partial charge in [0.15, 0.2) is 0 Å². The molecule has 1 aromatic rings. The SMILES string of the molecule is Cc1ccc(C(C)(C)C)cc1N1CC2CCC(C1)O2. The van der Waals surface area contributed by atoms with Crippen molar-refractivity contribution in [1.29, 1.82) is 0 Å². The van der Waals surface area contributed by atoms with Crippen molar-refractivity contribution in [1.82, 2.24) is 0 Å². The van der Waals surface area contributed by atoms with E-state index in [9.17, 15) is 0 Å². The van der Waals surface area contributed by atoms with Crippen LogP contribution in [0.3, 0.4) is 0 Å². The van der Waals surface area contributed by atoms with Crippen molar-refractivity contribution in [2.24, 2.45) is 0 Å². The van der Waals surface area contributed by atoms with Crippen LogP contribution in [0.25, 0.3) is 0 Å². The van der Waals surface area contributed by atoms with Crippen LogP contribution in [-0.2, 0) is 10.2 Å². The Morgan fingerprint density at radius 3 is 2.32 bits per heavy atom. The first-order chi connectivity index (χ1) is 8.93. The van der Waals surface area contributed by atoms with Crippen molar-refractivity contribution in [3.63, 3.8) is 0 Å². The highest BCUT2D eigenvalue weighted by Gasteiger charge is 2.34. The summed E-state index contributed by atoms with van der Waals surface area (Å²) in [6.45, 7) is 11.2. The molecule has 2 fully saturated rings. The Kier molecular flexibility index (Phi) is 3.09. The molecule has 2 atom stereocenters. The van der Waals surface area contributed by atoms with Gasteiger partial charge in [0, 0.05) is 18.8 Å². The van der Waals surface area contributed by atoms with Gasteiger partial charge in [-0.2, -0.15) is 0 Å². The number of ether oxygens (including phenoxy) is 1. The number of hydrogen-bond acceptors (Lipinski definition) is 2. The third kappa shape index (κ3) is 2.51. The van der Waals surface area contributed by atoms with Gasteiger partial charge < -0.3 is 9.64 Å². The van der Waals surface area contributed by atoms with E-state index in [1.165, 1.54) is 29.7 Å². The summed E-state index contributed by atoms with van der Waals surface area (Å²) >= 11 is 0. The molecule has 2 heteroatoms. The zero-order valence-electron chi connectivity index (χ0n) is 12.6. The van der Waals surface area contributed by atoms with Gasteiger partial charge >= 0.3 is 0 Å². The van der Waals surface area contributed by atoms with E-state index >= 15 is 0 Å². The topological polar surface area (TPSA) is 12.5 Å². The summed E-state index contributed by atoms with van der Waals surface area (Å²) < 4.78 is 5.94. The molecule has 2 nitrogen and oxygen atoms in total. The zero-order valence-corrected chi connectivity index (χ0v) is 12.6. The van der Waals surface area contributed by atoms with Gasteiger partial charge in [0.2, 0.25) is 0 Å². The molecule has 2 saturated heterocycles. The van der Waals surface area contributed by atoms with Gasteiger partial charge in [-0.25, -0.2) is 0 Å². The maximum absolute atomic E-state index is 5.94. The lowest BCUT2D eigenvalue weighted by molar-refractivity contribution is 0.0304. The molecular weight excluding hydrogens is 234 g/mol. The monoisotopic (exact) mass is 259 g/mol. The summed E-state index contributed by atoms with van der Waals surface area (Å²) in [5.41, 5.74) is 4.43. The lowest BCUT2D eigenvalue weighted by Crippen LogP contribution is -2.43. The molecule has 19 heavy (non-hydrogen) atoms. The number of nitrogens with zero attached hydrogens (tertiary/aromatic N) is 1. The molecule has 2 heterocycles. The molecule has 0 aromatic heterocycles. The number of morpholine rings is 1. The Balaban J connectivity index is 1.91. The Labute approximate surface area is 116 Å². The molecule has 2 unspecified atom stereocenters. The predicted molar refractivity (Wildman–Crippen MR) is 80.0 cm³/mol. The maximum atomic E-state index is 5.94. The van der Waals surface area contributed by atoms with Gasteiger partial charge in [0.25, 0.3) is 0 Å². The summed E-state index contributed by atoms with van der Waals surface area (Å²) in [5.74, 6) is 0. The fraction of sp³-hybridized carbons (Fsp3) is 0.647. The summed E-state index contributed by atoms with van der Waals surface area (Å²) in [4.78, 5) is 2.54. The normalized spacial score (nSPS) is 26.8. The molecule has 2 aliphatic rings. The van der Waals surface area contributed by atoms with Crippen molar-refractivity contribution < 1.29 is 4.74 Å². The van der Waals surface area contributed by atoms with Crippen molar-refractivity contribution in [3.8, 4) is 0 Å².